The molecule has 0 bridgehead atoms. The lowest BCUT2D eigenvalue weighted by Crippen LogP contribution is -2.19. The van der Waals surface area contributed by atoms with Crippen molar-refractivity contribution in [3.63, 3.8) is 0 Å². The molecule has 0 aliphatic heterocycles. The van der Waals surface area contributed by atoms with Crippen molar-refractivity contribution in [2.24, 2.45) is 5.92 Å². The maximum absolute atomic E-state index is 6.10. The van der Waals surface area contributed by atoms with E-state index in [0.29, 0.717) is 6.10 Å². The van der Waals surface area contributed by atoms with Crippen LogP contribution in [0.1, 0.15) is 44.6 Å². The summed E-state index contributed by atoms with van der Waals surface area (Å²) in [5.41, 5.74) is 3.92. The molecule has 1 aliphatic carbocycles. The molecule has 0 radical (unpaired) electrons. The Kier molecular flexibility index (Phi) is 5.87. The molecule has 0 amide bonds. The minimum absolute atomic E-state index is 0.305. The summed E-state index contributed by atoms with van der Waals surface area (Å²) in [7, 11) is 0. The standard InChI is InChI=1S/C22H28O/c1-18(23-17-20-8-4-2-5-9-20)16-19-12-14-22(15-13-19)21-10-6-3-7-11-21/h3,6-7,10-15,18,20H,2,4-5,8-9,16-17H2,1H3. The third-order valence-electron chi connectivity index (χ3n) is 4.93. The van der Waals surface area contributed by atoms with Gasteiger partial charge in [-0.3, -0.25) is 0 Å². The zero-order valence-corrected chi connectivity index (χ0v) is 14.2. The first-order valence-corrected chi connectivity index (χ1v) is 9.07. The van der Waals surface area contributed by atoms with Crippen LogP contribution in [-0.2, 0) is 11.2 Å². The van der Waals surface area contributed by atoms with E-state index in [0.717, 1.165) is 18.9 Å². The topological polar surface area (TPSA) is 9.23 Å². The lowest BCUT2D eigenvalue weighted by atomic mass is 9.90. The predicted octanol–water partition coefficient (Wildman–Crippen LogP) is 5.88. The fourth-order valence-electron chi connectivity index (χ4n) is 3.51. The van der Waals surface area contributed by atoms with E-state index in [9.17, 15) is 0 Å². The molecule has 1 nitrogen and oxygen atoms in total. The van der Waals surface area contributed by atoms with E-state index in [4.69, 9.17) is 4.74 Å². The zero-order chi connectivity index (χ0) is 15.9. The van der Waals surface area contributed by atoms with Gasteiger partial charge in [0.15, 0.2) is 0 Å². The normalized spacial score (nSPS) is 17.1. The van der Waals surface area contributed by atoms with Crippen LogP contribution in [0.3, 0.4) is 0 Å². The Hall–Kier alpha value is -1.60. The van der Waals surface area contributed by atoms with Gasteiger partial charge < -0.3 is 4.74 Å². The molecule has 0 saturated heterocycles. The lowest BCUT2D eigenvalue weighted by Gasteiger charge is -2.23. The van der Waals surface area contributed by atoms with Gasteiger partial charge in [0, 0.05) is 6.61 Å². The van der Waals surface area contributed by atoms with Gasteiger partial charge in [0.05, 0.1) is 6.10 Å². The first kappa shape index (κ1) is 16.3. The maximum Gasteiger partial charge on any atom is 0.0587 e. The highest BCUT2D eigenvalue weighted by Gasteiger charge is 2.15. The van der Waals surface area contributed by atoms with Gasteiger partial charge in [-0.1, -0.05) is 73.9 Å². The van der Waals surface area contributed by atoms with Crippen molar-refractivity contribution >= 4 is 0 Å². The van der Waals surface area contributed by atoms with Crippen LogP contribution >= 0.6 is 0 Å². The molecule has 0 aromatic heterocycles. The minimum Gasteiger partial charge on any atom is -0.378 e. The largest absolute Gasteiger partial charge is 0.378 e. The maximum atomic E-state index is 6.10. The Morgan fingerprint density at radius 3 is 2.22 bits per heavy atom. The summed E-state index contributed by atoms with van der Waals surface area (Å²) in [5.74, 6) is 0.798. The fraction of sp³-hybridized carbons (Fsp3) is 0.455. The number of rotatable bonds is 6. The van der Waals surface area contributed by atoms with Gasteiger partial charge in [0.25, 0.3) is 0 Å². The Labute approximate surface area is 140 Å². The molecule has 0 heterocycles. The monoisotopic (exact) mass is 308 g/mol. The molecule has 1 heteroatoms. The molecule has 0 spiro atoms. The summed E-state index contributed by atoms with van der Waals surface area (Å²) in [6.07, 6.45) is 8.23. The number of hydrogen-bond donors (Lipinski definition) is 0. The smallest absolute Gasteiger partial charge is 0.0587 e. The number of ether oxygens (including phenoxy) is 1. The molecule has 2 aromatic rings. The van der Waals surface area contributed by atoms with Crippen LogP contribution in [0, 0.1) is 5.92 Å². The molecule has 1 aliphatic rings. The molecule has 1 unspecified atom stereocenters. The van der Waals surface area contributed by atoms with Crippen LogP contribution in [-0.4, -0.2) is 12.7 Å². The second kappa shape index (κ2) is 8.31. The van der Waals surface area contributed by atoms with Gasteiger partial charge in [-0.25, -0.2) is 0 Å². The van der Waals surface area contributed by atoms with Gasteiger partial charge in [-0.2, -0.15) is 0 Å². The second-order valence-electron chi connectivity index (χ2n) is 6.92. The van der Waals surface area contributed by atoms with Gasteiger partial charge in [-0.05, 0) is 48.8 Å². The summed E-state index contributed by atoms with van der Waals surface area (Å²) in [4.78, 5) is 0. The van der Waals surface area contributed by atoms with Crippen molar-refractivity contribution < 1.29 is 4.74 Å². The first-order chi connectivity index (χ1) is 11.3. The van der Waals surface area contributed by atoms with Crippen molar-refractivity contribution in [1.82, 2.24) is 0 Å². The molecule has 23 heavy (non-hydrogen) atoms. The second-order valence-corrected chi connectivity index (χ2v) is 6.92. The summed E-state index contributed by atoms with van der Waals surface area (Å²) < 4.78 is 6.10. The van der Waals surface area contributed by atoms with E-state index >= 15 is 0 Å². The molecular weight excluding hydrogens is 280 g/mol. The first-order valence-electron chi connectivity index (χ1n) is 9.07. The Morgan fingerprint density at radius 2 is 1.52 bits per heavy atom. The quantitative estimate of drug-likeness (QED) is 0.647. The molecule has 1 fully saturated rings. The molecular formula is C22H28O. The fourth-order valence-corrected chi connectivity index (χ4v) is 3.51. The van der Waals surface area contributed by atoms with Crippen LogP contribution in [0.5, 0.6) is 0 Å². The summed E-state index contributed by atoms with van der Waals surface area (Å²) in [6.45, 7) is 3.15. The molecule has 0 N–H and O–H groups in total. The average Bonchev–Trinajstić information content (AvgIpc) is 2.62. The molecule has 1 atom stereocenters. The van der Waals surface area contributed by atoms with Crippen molar-refractivity contribution in [2.45, 2.75) is 51.6 Å². The molecule has 3 rings (SSSR count). The van der Waals surface area contributed by atoms with Crippen LogP contribution in [0.25, 0.3) is 11.1 Å². The molecule has 122 valence electrons. The van der Waals surface area contributed by atoms with Crippen molar-refractivity contribution in [1.29, 1.82) is 0 Å². The minimum atomic E-state index is 0.305. The van der Waals surface area contributed by atoms with E-state index in [1.807, 2.05) is 0 Å². The van der Waals surface area contributed by atoms with Gasteiger partial charge in [-0.15, -0.1) is 0 Å². The average molecular weight is 308 g/mol. The van der Waals surface area contributed by atoms with Gasteiger partial charge in [0.1, 0.15) is 0 Å². The van der Waals surface area contributed by atoms with Gasteiger partial charge in [0.2, 0.25) is 0 Å². The molecule has 2 aromatic carbocycles. The third kappa shape index (κ3) is 4.94. The predicted molar refractivity (Wildman–Crippen MR) is 97.6 cm³/mol. The highest BCUT2D eigenvalue weighted by molar-refractivity contribution is 5.63. The van der Waals surface area contributed by atoms with Crippen LogP contribution < -0.4 is 0 Å². The van der Waals surface area contributed by atoms with Crippen LogP contribution in [0.4, 0.5) is 0 Å². The highest BCUT2D eigenvalue weighted by atomic mass is 16.5. The van der Waals surface area contributed by atoms with Crippen LogP contribution in [0.15, 0.2) is 54.6 Å². The zero-order valence-electron chi connectivity index (χ0n) is 14.2. The van der Waals surface area contributed by atoms with Crippen molar-refractivity contribution in [2.75, 3.05) is 6.61 Å². The summed E-state index contributed by atoms with van der Waals surface area (Å²) >= 11 is 0. The lowest BCUT2D eigenvalue weighted by molar-refractivity contribution is 0.0315. The van der Waals surface area contributed by atoms with E-state index < -0.39 is 0 Å². The Bertz CT molecular complexity index is 567. The third-order valence-corrected chi connectivity index (χ3v) is 4.93. The van der Waals surface area contributed by atoms with E-state index in [1.165, 1.54) is 48.8 Å². The SMILES string of the molecule is CC(Cc1ccc(-c2ccccc2)cc1)OCC1CCCCC1. The van der Waals surface area contributed by atoms with Crippen LogP contribution in [0.2, 0.25) is 0 Å². The van der Waals surface area contributed by atoms with E-state index in [-0.39, 0.29) is 0 Å². The van der Waals surface area contributed by atoms with Gasteiger partial charge >= 0.3 is 0 Å². The number of hydrogen-bond acceptors (Lipinski definition) is 1. The molecule has 1 saturated carbocycles. The number of benzene rings is 2. The highest BCUT2D eigenvalue weighted by Crippen LogP contribution is 2.24. The Balaban J connectivity index is 1.49. The summed E-state index contributed by atoms with van der Waals surface area (Å²) in [5, 5.41) is 0. The summed E-state index contributed by atoms with van der Waals surface area (Å²) in [6, 6.07) is 19.5. The van der Waals surface area contributed by atoms with E-state index in [1.54, 1.807) is 0 Å². The van der Waals surface area contributed by atoms with Crippen molar-refractivity contribution in [3.05, 3.63) is 60.2 Å². The Morgan fingerprint density at radius 1 is 0.870 bits per heavy atom. The van der Waals surface area contributed by atoms with Crippen molar-refractivity contribution in [3.8, 4) is 11.1 Å². The van der Waals surface area contributed by atoms with E-state index in [2.05, 4.69) is 61.5 Å².